The third kappa shape index (κ3) is 4.81. The van der Waals surface area contributed by atoms with Crippen molar-refractivity contribution in [2.45, 2.75) is 10.1 Å². The van der Waals surface area contributed by atoms with E-state index < -0.39 is 0 Å². The Balaban J connectivity index is 1.60. The standard InChI is InChI=1S/C17H14BrN3O2S2/c1-23-12-6-4-5-11(9-12)10-24-17-21-20-16(25-17)19-15(22)13-7-2-3-8-14(13)18/h2-9H,10H2,1H3,(H,19,20,22). The number of amides is 1. The smallest absolute Gasteiger partial charge is 0.258 e. The van der Waals surface area contributed by atoms with Crippen molar-refractivity contribution in [3.8, 4) is 5.75 Å². The fraction of sp³-hybridized carbons (Fsp3) is 0.118. The highest BCUT2D eigenvalue weighted by atomic mass is 79.9. The van der Waals surface area contributed by atoms with Gasteiger partial charge in [0.2, 0.25) is 5.13 Å². The number of aromatic nitrogens is 2. The van der Waals surface area contributed by atoms with Crippen molar-refractivity contribution in [2.75, 3.05) is 12.4 Å². The molecule has 0 radical (unpaired) electrons. The number of rotatable bonds is 6. The number of thioether (sulfide) groups is 1. The number of carbonyl (C=O) groups is 1. The molecule has 3 rings (SSSR count). The molecule has 0 aliphatic rings. The van der Waals surface area contributed by atoms with Crippen molar-refractivity contribution < 1.29 is 9.53 Å². The normalized spacial score (nSPS) is 10.5. The Kier molecular flexibility index (Phi) is 6.06. The number of methoxy groups -OCH3 is 1. The molecule has 0 aliphatic heterocycles. The Hall–Kier alpha value is -1.90. The number of nitrogens with zero attached hydrogens (tertiary/aromatic N) is 2. The van der Waals surface area contributed by atoms with Crippen LogP contribution >= 0.6 is 39.0 Å². The van der Waals surface area contributed by atoms with E-state index >= 15 is 0 Å². The van der Waals surface area contributed by atoms with Crippen LogP contribution < -0.4 is 10.1 Å². The Morgan fingerprint density at radius 1 is 1.24 bits per heavy atom. The van der Waals surface area contributed by atoms with E-state index in [1.807, 2.05) is 42.5 Å². The molecule has 3 aromatic rings. The maximum atomic E-state index is 12.3. The first kappa shape index (κ1) is 17.9. The highest BCUT2D eigenvalue weighted by molar-refractivity contribution is 9.10. The van der Waals surface area contributed by atoms with Gasteiger partial charge >= 0.3 is 0 Å². The van der Waals surface area contributed by atoms with Crippen molar-refractivity contribution in [3.63, 3.8) is 0 Å². The maximum absolute atomic E-state index is 12.3. The first-order chi connectivity index (χ1) is 12.2. The molecular formula is C17H14BrN3O2S2. The summed E-state index contributed by atoms with van der Waals surface area (Å²) < 4.78 is 6.76. The lowest BCUT2D eigenvalue weighted by molar-refractivity contribution is 0.102. The molecule has 5 nitrogen and oxygen atoms in total. The van der Waals surface area contributed by atoms with Gasteiger partial charge in [-0.3, -0.25) is 10.1 Å². The number of halogens is 1. The fourth-order valence-electron chi connectivity index (χ4n) is 2.04. The highest BCUT2D eigenvalue weighted by Crippen LogP contribution is 2.29. The van der Waals surface area contributed by atoms with Gasteiger partial charge in [-0.2, -0.15) is 0 Å². The van der Waals surface area contributed by atoms with E-state index in [4.69, 9.17) is 4.74 Å². The van der Waals surface area contributed by atoms with Crippen LogP contribution in [0.15, 0.2) is 57.3 Å². The van der Waals surface area contributed by atoms with E-state index in [2.05, 4.69) is 31.4 Å². The summed E-state index contributed by atoms with van der Waals surface area (Å²) in [6.45, 7) is 0. The monoisotopic (exact) mass is 435 g/mol. The van der Waals surface area contributed by atoms with E-state index in [0.29, 0.717) is 10.7 Å². The number of anilines is 1. The molecular weight excluding hydrogens is 422 g/mol. The molecule has 0 saturated heterocycles. The predicted molar refractivity (Wildman–Crippen MR) is 105 cm³/mol. The van der Waals surface area contributed by atoms with Crippen molar-refractivity contribution in [3.05, 3.63) is 64.1 Å². The first-order valence-corrected chi connectivity index (χ1v) is 9.90. The second-order valence-corrected chi connectivity index (χ2v) is 8.00. The second kappa shape index (κ2) is 8.46. The molecule has 1 heterocycles. The van der Waals surface area contributed by atoms with Gasteiger partial charge in [0, 0.05) is 10.2 Å². The molecule has 0 spiro atoms. The molecule has 1 N–H and O–H groups in total. The zero-order valence-corrected chi connectivity index (χ0v) is 16.5. The summed E-state index contributed by atoms with van der Waals surface area (Å²) >= 11 is 6.29. The average Bonchev–Trinajstić information content (AvgIpc) is 3.08. The Morgan fingerprint density at radius 2 is 2.08 bits per heavy atom. The number of benzene rings is 2. The molecule has 0 atom stereocenters. The minimum Gasteiger partial charge on any atom is -0.497 e. The summed E-state index contributed by atoms with van der Waals surface area (Å²) in [4.78, 5) is 12.3. The topological polar surface area (TPSA) is 64.1 Å². The lowest BCUT2D eigenvalue weighted by Gasteiger charge is -2.03. The number of ether oxygens (including phenoxy) is 1. The van der Waals surface area contributed by atoms with Gasteiger partial charge in [-0.1, -0.05) is 47.4 Å². The molecule has 0 aliphatic carbocycles. The summed E-state index contributed by atoms with van der Waals surface area (Å²) in [7, 11) is 1.65. The second-order valence-electron chi connectivity index (χ2n) is 4.95. The number of hydrogen-bond acceptors (Lipinski definition) is 6. The summed E-state index contributed by atoms with van der Waals surface area (Å²) in [5.74, 6) is 1.37. The van der Waals surface area contributed by atoms with Crippen LogP contribution in [0, 0.1) is 0 Å². The van der Waals surface area contributed by atoms with Crippen LogP contribution in [0.3, 0.4) is 0 Å². The SMILES string of the molecule is COc1cccc(CSc2nnc(NC(=O)c3ccccc3Br)s2)c1. The molecule has 2 aromatic carbocycles. The molecule has 0 saturated carbocycles. The lowest BCUT2D eigenvalue weighted by atomic mass is 10.2. The van der Waals surface area contributed by atoms with Crippen LogP contribution in [0.1, 0.15) is 15.9 Å². The van der Waals surface area contributed by atoms with Gasteiger partial charge in [0.1, 0.15) is 5.75 Å². The van der Waals surface area contributed by atoms with E-state index in [-0.39, 0.29) is 5.91 Å². The van der Waals surface area contributed by atoms with Crippen molar-refractivity contribution in [1.82, 2.24) is 10.2 Å². The lowest BCUT2D eigenvalue weighted by Crippen LogP contribution is -2.12. The van der Waals surface area contributed by atoms with Crippen molar-refractivity contribution >= 4 is 50.1 Å². The fourth-order valence-corrected chi connectivity index (χ4v) is 4.19. The van der Waals surface area contributed by atoms with Gasteiger partial charge < -0.3 is 4.74 Å². The van der Waals surface area contributed by atoms with Crippen LogP contribution in [-0.2, 0) is 5.75 Å². The summed E-state index contributed by atoms with van der Waals surface area (Å²) in [5, 5.41) is 11.4. The minimum absolute atomic E-state index is 0.215. The molecule has 25 heavy (non-hydrogen) atoms. The Labute approximate surface area is 162 Å². The van der Waals surface area contributed by atoms with Crippen LogP contribution in [0.2, 0.25) is 0 Å². The average molecular weight is 436 g/mol. The van der Waals surface area contributed by atoms with Crippen molar-refractivity contribution in [1.29, 1.82) is 0 Å². The van der Waals surface area contributed by atoms with Gasteiger partial charge in [-0.05, 0) is 45.8 Å². The van der Waals surface area contributed by atoms with Gasteiger partial charge in [0.05, 0.1) is 12.7 Å². The Bertz CT molecular complexity index is 886. The predicted octanol–water partition coefficient (Wildman–Crippen LogP) is 4.85. The number of nitrogens with one attached hydrogen (secondary N) is 1. The van der Waals surface area contributed by atoms with E-state index in [1.165, 1.54) is 11.3 Å². The van der Waals surface area contributed by atoms with Gasteiger partial charge in [0.25, 0.3) is 5.91 Å². The van der Waals surface area contributed by atoms with Crippen LogP contribution in [-0.4, -0.2) is 23.2 Å². The summed E-state index contributed by atoms with van der Waals surface area (Å²) in [5.41, 5.74) is 1.70. The number of carbonyl (C=O) groups excluding carboxylic acids is 1. The molecule has 128 valence electrons. The largest absolute Gasteiger partial charge is 0.497 e. The highest BCUT2D eigenvalue weighted by Gasteiger charge is 2.13. The molecule has 0 bridgehead atoms. The Morgan fingerprint density at radius 3 is 2.88 bits per heavy atom. The van der Waals surface area contributed by atoms with E-state index in [1.54, 1.807) is 24.9 Å². The molecule has 8 heteroatoms. The summed E-state index contributed by atoms with van der Waals surface area (Å²) in [6, 6.07) is 15.1. The molecule has 0 unspecified atom stereocenters. The van der Waals surface area contributed by atoms with Gasteiger partial charge in [0.15, 0.2) is 4.34 Å². The maximum Gasteiger partial charge on any atom is 0.258 e. The minimum atomic E-state index is -0.215. The molecule has 1 amide bonds. The number of hydrogen-bond donors (Lipinski definition) is 1. The quantitative estimate of drug-likeness (QED) is 0.442. The van der Waals surface area contributed by atoms with Crippen LogP contribution in [0.5, 0.6) is 5.75 Å². The zero-order chi connectivity index (χ0) is 17.6. The third-order valence-corrected chi connectivity index (χ3v) is 5.98. The molecule has 1 aromatic heterocycles. The van der Waals surface area contributed by atoms with Crippen molar-refractivity contribution in [2.24, 2.45) is 0 Å². The summed E-state index contributed by atoms with van der Waals surface area (Å²) in [6.07, 6.45) is 0. The zero-order valence-electron chi connectivity index (χ0n) is 13.2. The van der Waals surface area contributed by atoms with Gasteiger partial charge in [-0.25, -0.2) is 0 Å². The van der Waals surface area contributed by atoms with E-state index in [9.17, 15) is 4.79 Å². The first-order valence-electron chi connectivity index (χ1n) is 7.31. The van der Waals surface area contributed by atoms with Crippen LogP contribution in [0.25, 0.3) is 0 Å². The molecule has 0 fully saturated rings. The third-order valence-electron chi connectivity index (χ3n) is 3.24. The van der Waals surface area contributed by atoms with Gasteiger partial charge in [-0.15, -0.1) is 10.2 Å². The van der Waals surface area contributed by atoms with E-state index in [0.717, 1.165) is 25.9 Å². The van der Waals surface area contributed by atoms with Crippen LogP contribution in [0.4, 0.5) is 5.13 Å².